The summed E-state index contributed by atoms with van der Waals surface area (Å²) in [6.07, 6.45) is 3.88. The van der Waals surface area contributed by atoms with E-state index < -0.39 is 0 Å². The Morgan fingerprint density at radius 2 is 1.82 bits per heavy atom. The molecule has 0 spiro atoms. The maximum atomic E-state index is 10.7. The van der Waals surface area contributed by atoms with Gasteiger partial charge in [-0.25, -0.2) is 0 Å². The lowest BCUT2D eigenvalue weighted by molar-refractivity contribution is -0.120. The van der Waals surface area contributed by atoms with E-state index >= 15 is 0 Å². The molecule has 11 heavy (non-hydrogen) atoms. The SMILES string of the molecule is C.C/C=C/C(=O)CCC(C)=O. The van der Waals surface area contributed by atoms with E-state index in [-0.39, 0.29) is 19.0 Å². The molecular weight excluding hydrogens is 140 g/mol. The first kappa shape index (κ1) is 12.7. The summed E-state index contributed by atoms with van der Waals surface area (Å²) in [4.78, 5) is 21.1. The van der Waals surface area contributed by atoms with Crippen molar-refractivity contribution in [3.63, 3.8) is 0 Å². The second-order valence-electron chi connectivity index (χ2n) is 2.17. The summed E-state index contributed by atoms with van der Waals surface area (Å²) in [7, 11) is 0. The maximum Gasteiger partial charge on any atom is 0.155 e. The minimum absolute atomic E-state index is 0. The number of carbonyl (C=O) groups excluding carboxylic acids is 2. The van der Waals surface area contributed by atoms with Crippen LogP contribution in [0.1, 0.15) is 34.1 Å². The van der Waals surface area contributed by atoms with Crippen molar-refractivity contribution in [1.29, 1.82) is 0 Å². The Hall–Kier alpha value is -0.920. The van der Waals surface area contributed by atoms with Crippen molar-refractivity contribution in [1.82, 2.24) is 0 Å². The lowest BCUT2D eigenvalue weighted by Gasteiger charge is -1.89. The third-order valence-corrected chi connectivity index (χ3v) is 1.08. The van der Waals surface area contributed by atoms with Crippen molar-refractivity contribution >= 4 is 11.6 Å². The van der Waals surface area contributed by atoms with E-state index in [2.05, 4.69) is 0 Å². The van der Waals surface area contributed by atoms with Crippen LogP contribution in [-0.4, -0.2) is 11.6 Å². The minimum Gasteiger partial charge on any atom is -0.300 e. The number of Topliss-reactive ketones (excluding diaryl/α,β-unsaturated/α-hetero) is 1. The Bertz CT molecular complexity index is 157. The van der Waals surface area contributed by atoms with Crippen LogP contribution in [0.15, 0.2) is 12.2 Å². The van der Waals surface area contributed by atoms with Crippen LogP contribution in [0.5, 0.6) is 0 Å². The molecule has 0 saturated carbocycles. The quantitative estimate of drug-likeness (QED) is 0.584. The molecule has 64 valence electrons. The first-order chi connectivity index (χ1) is 4.66. The van der Waals surface area contributed by atoms with Gasteiger partial charge in [0, 0.05) is 12.8 Å². The van der Waals surface area contributed by atoms with E-state index in [4.69, 9.17) is 0 Å². The average Bonchev–Trinajstić information content (AvgIpc) is 1.85. The summed E-state index contributed by atoms with van der Waals surface area (Å²) < 4.78 is 0. The molecule has 0 aromatic carbocycles. The highest BCUT2D eigenvalue weighted by Crippen LogP contribution is 1.92. The zero-order chi connectivity index (χ0) is 7.98. The Morgan fingerprint density at radius 1 is 1.27 bits per heavy atom. The molecule has 0 rings (SSSR count). The molecule has 0 atom stereocenters. The molecule has 0 fully saturated rings. The molecule has 0 aliphatic heterocycles. The highest BCUT2D eigenvalue weighted by Gasteiger charge is 1.97. The van der Waals surface area contributed by atoms with Gasteiger partial charge in [0.1, 0.15) is 5.78 Å². The maximum absolute atomic E-state index is 10.7. The summed E-state index contributed by atoms with van der Waals surface area (Å²) in [5.74, 6) is 0.0931. The molecule has 0 heterocycles. The van der Waals surface area contributed by atoms with Crippen LogP contribution >= 0.6 is 0 Å². The number of allylic oxidation sites excluding steroid dienone is 2. The van der Waals surface area contributed by atoms with Crippen LogP contribution < -0.4 is 0 Å². The second-order valence-corrected chi connectivity index (χ2v) is 2.17. The third kappa shape index (κ3) is 9.08. The van der Waals surface area contributed by atoms with Crippen molar-refractivity contribution in [3.05, 3.63) is 12.2 Å². The van der Waals surface area contributed by atoms with Gasteiger partial charge in [-0.1, -0.05) is 13.5 Å². The lowest BCUT2D eigenvalue weighted by Crippen LogP contribution is -1.97. The lowest BCUT2D eigenvalue weighted by atomic mass is 10.2. The summed E-state index contributed by atoms with van der Waals surface area (Å²) in [6.45, 7) is 3.27. The van der Waals surface area contributed by atoms with Gasteiger partial charge in [0.15, 0.2) is 5.78 Å². The molecule has 0 saturated heterocycles. The highest BCUT2D eigenvalue weighted by atomic mass is 16.1. The standard InChI is InChI=1S/C8H12O2.CH4/c1-3-4-8(10)6-5-7(2)9;/h3-4H,5-6H2,1-2H3;1H4/b4-3+;. The molecule has 0 aromatic rings. The van der Waals surface area contributed by atoms with Crippen LogP contribution in [-0.2, 0) is 9.59 Å². The fourth-order valence-electron chi connectivity index (χ4n) is 0.568. The first-order valence-electron chi connectivity index (χ1n) is 3.31. The largest absolute Gasteiger partial charge is 0.300 e. The third-order valence-electron chi connectivity index (χ3n) is 1.08. The number of rotatable bonds is 4. The molecule has 0 aliphatic rings. The first-order valence-corrected chi connectivity index (χ1v) is 3.31. The van der Waals surface area contributed by atoms with E-state index in [1.807, 2.05) is 0 Å². The van der Waals surface area contributed by atoms with Crippen LogP contribution in [0.25, 0.3) is 0 Å². The molecule has 0 unspecified atom stereocenters. The van der Waals surface area contributed by atoms with Crippen LogP contribution in [0.2, 0.25) is 0 Å². The number of carbonyl (C=O) groups is 2. The molecule has 2 nitrogen and oxygen atoms in total. The number of hydrogen-bond acceptors (Lipinski definition) is 2. The van der Waals surface area contributed by atoms with Crippen molar-refractivity contribution in [2.24, 2.45) is 0 Å². The predicted molar refractivity (Wildman–Crippen MR) is 46.5 cm³/mol. The molecule has 0 N–H and O–H groups in total. The zero-order valence-electron chi connectivity index (χ0n) is 6.39. The van der Waals surface area contributed by atoms with E-state index in [1.165, 1.54) is 13.0 Å². The van der Waals surface area contributed by atoms with Crippen LogP contribution in [0.4, 0.5) is 0 Å². The van der Waals surface area contributed by atoms with Gasteiger partial charge in [-0.3, -0.25) is 4.79 Å². The van der Waals surface area contributed by atoms with Gasteiger partial charge in [-0.05, 0) is 19.9 Å². The average molecular weight is 156 g/mol. The van der Waals surface area contributed by atoms with Gasteiger partial charge in [0.25, 0.3) is 0 Å². The van der Waals surface area contributed by atoms with Crippen molar-refractivity contribution in [2.75, 3.05) is 0 Å². The molecule has 0 bridgehead atoms. The van der Waals surface area contributed by atoms with E-state index in [0.29, 0.717) is 12.8 Å². The zero-order valence-corrected chi connectivity index (χ0v) is 6.39. The Morgan fingerprint density at radius 3 is 2.18 bits per heavy atom. The van der Waals surface area contributed by atoms with Gasteiger partial charge in [-0.15, -0.1) is 0 Å². The molecule has 2 heteroatoms. The summed E-state index contributed by atoms with van der Waals surface area (Å²) in [6, 6.07) is 0. The summed E-state index contributed by atoms with van der Waals surface area (Å²) >= 11 is 0. The number of hydrogen-bond donors (Lipinski definition) is 0. The van der Waals surface area contributed by atoms with Gasteiger partial charge in [0.2, 0.25) is 0 Å². The Labute approximate surface area is 68.3 Å². The molecule has 0 radical (unpaired) electrons. The van der Waals surface area contributed by atoms with E-state index in [0.717, 1.165) is 0 Å². The van der Waals surface area contributed by atoms with Crippen molar-refractivity contribution < 1.29 is 9.59 Å². The number of ketones is 2. The fraction of sp³-hybridized carbons (Fsp3) is 0.556. The summed E-state index contributed by atoms with van der Waals surface area (Å²) in [5.41, 5.74) is 0. The monoisotopic (exact) mass is 156 g/mol. The minimum atomic E-state index is 0. The van der Waals surface area contributed by atoms with Gasteiger partial charge >= 0.3 is 0 Å². The molecule has 0 aliphatic carbocycles. The Kier molecular flexibility index (Phi) is 8.32. The molecule has 0 aromatic heterocycles. The predicted octanol–water partition coefficient (Wildman–Crippen LogP) is 2.14. The van der Waals surface area contributed by atoms with Gasteiger partial charge in [0.05, 0.1) is 0 Å². The van der Waals surface area contributed by atoms with E-state index in [1.54, 1.807) is 13.0 Å². The van der Waals surface area contributed by atoms with Crippen LogP contribution in [0, 0.1) is 0 Å². The smallest absolute Gasteiger partial charge is 0.155 e. The fourth-order valence-corrected chi connectivity index (χ4v) is 0.568. The summed E-state index contributed by atoms with van der Waals surface area (Å²) in [5, 5.41) is 0. The Balaban J connectivity index is 0. The van der Waals surface area contributed by atoms with Crippen molar-refractivity contribution in [3.8, 4) is 0 Å². The highest BCUT2D eigenvalue weighted by molar-refractivity contribution is 5.92. The topological polar surface area (TPSA) is 34.1 Å². The molecule has 0 amide bonds. The van der Waals surface area contributed by atoms with Crippen molar-refractivity contribution in [2.45, 2.75) is 34.1 Å². The van der Waals surface area contributed by atoms with Crippen LogP contribution in [0.3, 0.4) is 0 Å². The van der Waals surface area contributed by atoms with Gasteiger partial charge < -0.3 is 4.79 Å². The second kappa shape index (κ2) is 7.19. The van der Waals surface area contributed by atoms with Gasteiger partial charge in [-0.2, -0.15) is 0 Å². The normalized spacial score (nSPS) is 9.27. The molecular formula is C9H16O2. The van der Waals surface area contributed by atoms with E-state index in [9.17, 15) is 9.59 Å².